The minimum atomic E-state index is -0.952. The molecule has 1 aromatic heterocycles. The third-order valence-electron chi connectivity index (χ3n) is 3.05. The summed E-state index contributed by atoms with van der Waals surface area (Å²) in [6, 6.07) is 6.21. The lowest BCUT2D eigenvalue weighted by molar-refractivity contribution is 0.0752. The van der Waals surface area contributed by atoms with Crippen LogP contribution >= 0.6 is 0 Å². The Morgan fingerprint density at radius 1 is 1.19 bits per heavy atom. The molecule has 21 heavy (non-hydrogen) atoms. The van der Waals surface area contributed by atoms with E-state index in [9.17, 15) is 18.4 Å². The highest BCUT2D eigenvalue weighted by molar-refractivity contribution is 5.94. The van der Waals surface area contributed by atoms with Crippen LogP contribution in [-0.2, 0) is 6.54 Å². The first kappa shape index (κ1) is 14.9. The van der Waals surface area contributed by atoms with Crippen molar-refractivity contribution in [2.24, 2.45) is 0 Å². The molecule has 110 valence electrons. The van der Waals surface area contributed by atoms with E-state index in [1.54, 1.807) is 6.92 Å². The molecule has 0 saturated carbocycles. The predicted molar refractivity (Wildman–Crippen MR) is 73.8 cm³/mol. The molecule has 0 radical (unpaired) electrons. The van der Waals surface area contributed by atoms with Gasteiger partial charge in [0, 0.05) is 30.9 Å². The number of hydrogen-bond donors (Lipinski definition) is 1. The Kier molecular flexibility index (Phi) is 4.47. The standard InChI is InChI=1S/C15H14F2N2O2/c1-2-19(9-10-3-4-12(16)13(17)7-10)15(21)11-5-6-18-14(20)8-11/h3-8H,2,9H2,1H3,(H,18,20). The summed E-state index contributed by atoms with van der Waals surface area (Å²) in [7, 11) is 0. The zero-order valence-electron chi connectivity index (χ0n) is 11.4. The van der Waals surface area contributed by atoms with Gasteiger partial charge in [0.25, 0.3) is 5.91 Å². The number of nitrogens with one attached hydrogen (secondary N) is 1. The van der Waals surface area contributed by atoms with Crippen LogP contribution in [-0.4, -0.2) is 22.3 Å². The van der Waals surface area contributed by atoms with E-state index in [0.717, 1.165) is 12.1 Å². The van der Waals surface area contributed by atoms with Gasteiger partial charge in [0.15, 0.2) is 11.6 Å². The molecule has 0 bridgehead atoms. The molecule has 2 rings (SSSR count). The molecule has 2 aromatic rings. The number of aromatic nitrogens is 1. The topological polar surface area (TPSA) is 53.2 Å². The van der Waals surface area contributed by atoms with Gasteiger partial charge in [-0.1, -0.05) is 6.07 Å². The van der Waals surface area contributed by atoms with Crippen LogP contribution in [0.4, 0.5) is 8.78 Å². The van der Waals surface area contributed by atoms with Crippen molar-refractivity contribution >= 4 is 5.91 Å². The van der Waals surface area contributed by atoms with Crippen LogP contribution in [0.2, 0.25) is 0 Å². The van der Waals surface area contributed by atoms with Crippen molar-refractivity contribution in [1.29, 1.82) is 0 Å². The van der Waals surface area contributed by atoms with Gasteiger partial charge in [0.2, 0.25) is 5.56 Å². The van der Waals surface area contributed by atoms with Gasteiger partial charge in [-0.05, 0) is 30.7 Å². The fourth-order valence-corrected chi connectivity index (χ4v) is 1.95. The number of H-pyrrole nitrogens is 1. The summed E-state index contributed by atoms with van der Waals surface area (Å²) in [5.41, 5.74) is 0.363. The Bertz CT molecular complexity index is 713. The fourth-order valence-electron chi connectivity index (χ4n) is 1.95. The first-order chi connectivity index (χ1) is 10.0. The number of hydrogen-bond acceptors (Lipinski definition) is 2. The lowest BCUT2D eigenvalue weighted by Gasteiger charge is -2.21. The summed E-state index contributed by atoms with van der Waals surface area (Å²) in [4.78, 5) is 27.4. The van der Waals surface area contributed by atoms with Crippen LogP contribution in [0.15, 0.2) is 41.3 Å². The summed E-state index contributed by atoms with van der Waals surface area (Å²) in [5.74, 6) is -2.22. The summed E-state index contributed by atoms with van der Waals surface area (Å²) in [6.07, 6.45) is 1.39. The van der Waals surface area contributed by atoms with E-state index in [1.807, 2.05) is 0 Å². The smallest absolute Gasteiger partial charge is 0.254 e. The van der Waals surface area contributed by atoms with Gasteiger partial charge in [0.05, 0.1) is 0 Å². The first-order valence-corrected chi connectivity index (χ1v) is 6.43. The fraction of sp³-hybridized carbons (Fsp3) is 0.200. The molecule has 4 nitrogen and oxygen atoms in total. The molecular formula is C15H14F2N2O2. The molecule has 1 heterocycles. The maximum absolute atomic E-state index is 13.2. The first-order valence-electron chi connectivity index (χ1n) is 6.43. The maximum Gasteiger partial charge on any atom is 0.254 e. The molecule has 0 aliphatic heterocycles. The Morgan fingerprint density at radius 3 is 2.57 bits per heavy atom. The van der Waals surface area contributed by atoms with Crippen molar-refractivity contribution in [3.05, 3.63) is 69.6 Å². The third kappa shape index (κ3) is 3.53. The summed E-state index contributed by atoms with van der Waals surface area (Å²) >= 11 is 0. The second-order valence-corrected chi connectivity index (χ2v) is 4.51. The number of pyridine rings is 1. The quantitative estimate of drug-likeness (QED) is 0.940. The van der Waals surface area contributed by atoms with E-state index in [4.69, 9.17) is 0 Å². The Morgan fingerprint density at radius 2 is 1.95 bits per heavy atom. The molecule has 1 aromatic carbocycles. The van der Waals surface area contributed by atoms with Gasteiger partial charge in [-0.15, -0.1) is 0 Å². The number of amides is 1. The van der Waals surface area contributed by atoms with Crippen LogP contribution < -0.4 is 5.56 Å². The normalized spacial score (nSPS) is 10.4. The number of benzene rings is 1. The number of nitrogens with zero attached hydrogens (tertiary/aromatic N) is 1. The molecule has 0 saturated heterocycles. The lowest BCUT2D eigenvalue weighted by atomic mass is 10.1. The van der Waals surface area contributed by atoms with E-state index >= 15 is 0 Å². The van der Waals surface area contributed by atoms with E-state index in [1.165, 1.54) is 29.3 Å². The molecule has 0 aliphatic carbocycles. The average molecular weight is 292 g/mol. The molecule has 0 aliphatic rings. The van der Waals surface area contributed by atoms with Crippen molar-refractivity contribution in [2.45, 2.75) is 13.5 Å². The van der Waals surface area contributed by atoms with E-state index in [2.05, 4.69) is 4.98 Å². The van der Waals surface area contributed by atoms with Gasteiger partial charge in [-0.25, -0.2) is 8.78 Å². The Balaban J connectivity index is 2.21. The molecule has 6 heteroatoms. The second-order valence-electron chi connectivity index (χ2n) is 4.51. The van der Waals surface area contributed by atoms with Crippen LogP contribution in [0.5, 0.6) is 0 Å². The molecule has 1 amide bonds. The average Bonchev–Trinajstić information content (AvgIpc) is 2.47. The maximum atomic E-state index is 13.2. The summed E-state index contributed by atoms with van der Waals surface area (Å²) < 4.78 is 26.1. The molecule has 0 spiro atoms. The van der Waals surface area contributed by atoms with Gasteiger partial charge < -0.3 is 9.88 Å². The highest BCUT2D eigenvalue weighted by atomic mass is 19.2. The van der Waals surface area contributed by atoms with Crippen LogP contribution in [0.25, 0.3) is 0 Å². The van der Waals surface area contributed by atoms with Crippen molar-refractivity contribution < 1.29 is 13.6 Å². The van der Waals surface area contributed by atoms with Crippen molar-refractivity contribution in [1.82, 2.24) is 9.88 Å². The monoisotopic (exact) mass is 292 g/mol. The van der Waals surface area contributed by atoms with Gasteiger partial charge in [-0.2, -0.15) is 0 Å². The largest absolute Gasteiger partial charge is 0.335 e. The molecule has 0 atom stereocenters. The second kappa shape index (κ2) is 6.30. The van der Waals surface area contributed by atoms with Crippen LogP contribution in [0, 0.1) is 11.6 Å². The Hall–Kier alpha value is -2.50. The van der Waals surface area contributed by atoms with E-state index in [0.29, 0.717) is 12.1 Å². The van der Waals surface area contributed by atoms with Gasteiger partial charge >= 0.3 is 0 Å². The number of carbonyl (C=O) groups is 1. The highest BCUT2D eigenvalue weighted by Gasteiger charge is 2.15. The van der Waals surface area contributed by atoms with Crippen molar-refractivity contribution in [3.63, 3.8) is 0 Å². The molecule has 1 N–H and O–H groups in total. The zero-order valence-corrected chi connectivity index (χ0v) is 11.4. The number of halogens is 2. The van der Waals surface area contributed by atoms with Crippen molar-refractivity contribution in [3.8, 4) is 0 Å². The third-order valence-corrected chi connectivity index (χ3v) is 3.05. The predicted octanol–water partition coefficient (Wildman–Crippen LogP) is 2.32. The van der Waals surface area contributed by atoms with Gasteiger partial charge in [-0.3, -0.25) is 9.59 Å². The van der Waals surface area contributed by atoms with E-state index in [-0.39, 0.29) is 23.6 Å². The molecular weight excluding hydrogens is 278 g/mol. The van der Waals surface area contributed by atoms with E-state index < -0.39 is 11.6 Å². The highest BCUT2D eigenvalue weighted by Crippen LogP contribution is 2.12. The van der Waals surface area contributed by atoms with Crippen LogP contribution in [0.3, 0.4) is 0 Å². The number of carbonyl (C=O) groups excluding carboxylic acids is 1. The van der Waals surface area contributed by atoms with Gasteiger partial charge in [0.1, 0.15) is 0 Å². The lowest BCUT2D eigenvalue weighted by Crippen LogP contribution is -2.31. The molecule has 0 fully saturated rings. The minimum Gasteiger partial charge on any atom is -0.335 e. The summed E-state index contributed by atoms with van der Waals surface area (Å²) in [5, 5.41) is 0. The van der Waals surface area contributed by atoms with Crippen molar-refractivity contribution in [2.75, 3.05) is 6.54 Å². The SMILES string of the molecule is CCN(Cc1ccc(F)c(F)c1)C(=O)c1cc[nH]c(=O)c1. The number of rotatable bonds is 4. The Labute approximate surface area is 120 Å². The summed E-state index contributed by atoms with van der Waals surface area (Å²) in [6.45, 7) is 2.29. The van der Waals surface area contributed by atoms with Crippen LogP contribution in [0.1, 0.15) is 22.8 Å². The molecule has 0 unspecified atom stereocenters. The number of aromatic amines is 1. The zero-order chi connectivity index (χ0) is 15.4. The minimum absolute atomic E-state index is 0.138.